The lowest BCUT2D eigenvalue weighted by atomic mass is 9.95. The van der Waals surface area contributed by atoms with Gasteiger partial charge in [-0.2, -0.15) is 0 Å². The number of carbonyl (C=O) groups is 2. The molecule has 0 saturated carbocycles. The normalized spacial score (nSPS) is 22.9. The van der Waals surface area contributed by atoms with Crippen LogP contribution in [0.2, 0.25) is 0 Å². The van der Waals surface area contributed by atoms with E-state index in [4.69, 9.17) is 11.5 Å². The largest absolute Gasteiger partial charge is 0.369 e. The van der Waals surface area contributed by atoms with Crippen LogP contribution in [-0.4, -0.2) is 36.3 Å². The lowest BCUT2D eigenvalue weighted by molar-refractivity contribution is -0.129. The van der Waals surface area contributed by atoms with Gasteiger partial charge in [-0.1, -0.05) is 29.8 Å². The first kappa shape index (κ1) is 14.5. The van der Waals surface area contributed by atoms with Crippen LogP contribution in [0.5, 0.6) is 0 Å². The number of rotatable bonds is 5. The third kappa shape index (κ3) is 3.36. The summed E-state index contributed by atoms with van der Waals surface area (Å²) in [6, 6.07) is 8.36. The molecule has 1 aliphatic rings. The summed E-state index contributed by atoms with van der Waals surface area (Å²) in [6.07, 6.45) is 0.886. The van der Waals surface area contributed by atoms with E-state index in [0.717, 1.165) is 13.0 Å². The van der Waals surface area contributed by atoms with E-state index >= 15 is 0 Å². The van der Waals surface area contributed by atoms with Crippen molar-refractivity contribution in [3.63, 3.8) is 0 Å². The summed E-state index contributed by atoms with van der Waals surface area (Å²) in [6.45, 7) is 3.90. The van der Waals surface area contributed by atoms with Gasteiger partial charge in [0.25, 0.3) is 0 Å². The van der Waals surface area contributed by atoms with Crippen LogP contribution in [0.3, 0.4) is 0 Å². The molecule has 108 valence electrons. The van der Waals surface area contributed by atoms with E-state index in [9.17, 15) is 9.59 Å². The van der Waals surface area contributed by atoms with Gasteiger partial charge >= 0.3 is 0 Å². The lowest BCUT2D eigenvalue weighted by Crippen LogP contribution is -2.36. The van der Waals surface area contributed by atoms with Gasteiger partial charge in [-0.25, -0.2) is 0 Å². The fourth-order valence-electron chi connectivity index (χ4n) is 2.69. The van der Waals surface area contributed by atoms with Gasteiger partial charge in [0.2, 0.25) is 11.8 Å². The molecule has 2 atom stereocenters. The van der Waals surface area contributed by atoms with E-state index < -0.39 is 23.7 Å². The van der Waals surface area contributed by atoms with E-state index in [1.54, 1.807) is 0 Å². The Morgan fingerprint density at radius 3 is 2.05 bits per heavy atom. The van der Waals surface area contributed by atoms with Gasteiger partial charge in [-0.05, 0) is 18.9 Å². The maximum atomic E-state index is 11.4. The Balaban J connectivity index is 1.93. The Kier molecular flexibility index (Phi) is 4.39. The first-order valence-electron chi connectivity index (χ1n) is 6.84. The van der Waals surface area contributed by atoms with Crippen molar-refractivity contribution in [2.75, 3.05) is 19.6 Å². The van der Waals surface area contributed by atoms with E-state index in [-0.39, 0.29) is 0 Å². The molecule has 2 unspecified atom stereocenters. The van der Waals surface area contributed by atoms with Crippen LogP contribution < -0.4 is 11.5 Å². The number of primary amides is 2. The minimum Gasteiger partial charge on any atom is -0.369 e. The molecule has 5 nitrogen and oxygen atoms in total. The summed E-state index contributed by atoms with van der Waals surface area (Å²) >= 11 is 0. The van der Waals surface area contributed by atoms with E-state index in [1.807, 2.05) is 0 Å². The highest BCUT2D eigenvalue weighted by molar-refractivity contribution is 5.87. The smallest absolute Gasteiger partial charge is 0.222 e. The monoisotopic (exact) mass is 275 g/mol. The molecule has 0 aromatic heterocycles. The zero-order valence-electron chi connectivity index (χ0n) is 11.7. The summed E-state index contributed by atoms with van der Waals surface area (Å²) < 4.78 is 0. The van der Waals surface area contributed by atoms with Crippen LogP contribution in [0.4, 0.5) is 0 Å². The molecule has 0 radical (unpaired) electrons. The molecule has 20 heavy (non-hydrogen) atoms. The van der Waals surface area contributed by atoms with E-state index in [2.05, 4.69) is 36.1 Å². The van der Waals surface area contributed by atoms with Crippen LogP contribution in [0.25, 0.3) is 0 Å². The number of likely N-dealkylation sites (tertiary alicyclic amines) is 1. The van der Waals surface area contributed by atoms with Crippen molar-refractivity contribution in [2.45, 2.75) is 13.3 Å². The first-order chi connectivity index (χ1) is 9.47. The molecule has 0 aliphatic carbocycles. The molecule has 2 amide bonds. The maximum Gasteiger partial charge on any atom is 0.222 e. The predicted octanol–water partition coefficient (Wildman–Crippen LogP) is 0.0561. The topological polar surface area (TPSA) is 89.4 Å². The second-order valence-corrected chi connectivity index (χ2v) is 5.51. The van der Waals surface area contributed by atoms with E-state index in [0.29, 0.717) is 13.1 Å². The molecule has 4 N–H and O–H groups in total. The number of nitrogens with two attached hydrogens (primary N) is 2. The van der Waals surface area contributed by atoms with E-state index in [1.165, 1.54) is 11.1 Å². The van der Waals surface area contributed by atoms with Crippen molar-refractivity contribution < 1.29 is 9.59 Å². The number of amides is 2. The zero-order chi connectivity index (χ0) is 14.7. The molecule has 5 heteroatoms. The number of carbonyl (C=O) groups excluding carboxylic acids is 2. The van der Waals surface area contributed by atoms with Crippen LogP contribution in [-0.2, 0) is 16.0 Å². The lowest BCUT2D eigenvalue weighted by Gasteiger charge is -2.15. The Morgan fingerprint density at radius 1 is 1.10 bits per heavy atom. The van der Waals surface area contributed by atoms with Gasteiger partial charge in [0.15, 0.2) is 0 Å². The molecule has 1 aromatic rings. The predicted molar refractivity (Wildman–Crippen MR) is 76.7 cm³/mol. The minimum atomic E-state index is -0.453. The van der Waals surface area contributed by atoms with Gasteiger partial charge in [0.05, 0.1) is 11.8 Å². The molecular weight excluding hydrogens is 254 g/mol. The molecule has 0 bridgehead atoms. The Morgan fingerprint density at radius 2 is 1.60 bits per heavy atom. The Bertz CT molecular complexity index is 476. The molecule has 1 fully saturated rings. The van der Waals surface area contributed by atoms with Gasteiger partial charge < -0.3 is 16.4 Å². The summed E-state index contributed by atoms with van der Waals surface area (Å²) in [7, 11) is 0. The average Bonchev–Trinajstić information content (AvgIpc) is 2.83. The average molecular weight is 275 g/mol. The first-order valence-corrected chi connectivity index (χ1v) is 6.84. The molecule has 1 aliphatic heterocycles. The highest BCUT2D eigenvalue weighted by Crippen LogP contribution is 2.23. The standard InChI is InChI=1S/C15H21N3O2/c1-10-2-4-11(5-3-10)6-7-18-8-12(14(16)19)13(9-18)15(17)20/h2-5,12-13H,6-9H2,1H3,(H2,16,19)(H2,17,20). The molecule has 1 saturated heterocycles. The van der Waals surface area contributed by atoms with Crippen LogP contribution in [0, 0.1) is 18.8 Å². The summed E-state index contributed by atoms with van der Waals surface area (Å²) in [5.41, 5.74) is 13.2. The van der Waals surface area contributed by atoms with Gasteiger partial charge in [-0.3, -0.25) is 9.59 Å². The van der Waals surface area contributed by atoms with Crippen LogP contribution >= 0.6 is 0 Å². The quantitative estimate of drug-likeness (QED) is 0.796. The Labute approximate surface area is 118 Å². The molecular formula is C15H21N3O2. The minimum absolute atomic E-state index is 0.438. The fraction of sp³-hybridized carbons (Fsp3) is 0.467. The van der Waals surface area contributed by atoms with Crippen molar-refractivity contribution in [3.8, 4) is 0 Å². The van der Waals surface area contributed by atoms with Gasteiger partial charge in [0, 0.05) is 19.6 Å². The number of benzene rings is 1. The van der Waals surface area contributed by atoms with Gasteiger partial charge in [0.1, 0.15) is 0 Å². The van der Waals surface area contributed by atoms with Crippen LogP contribution in [0.1, 0.15) is 11.1 Å². The molecule has 2 rings (SSSR count). The molecule has 0 spiro atoms. The second-order valence-electron chi connectivity index (χ2n) is 5.51. The molecule has 1 heterocycles. The summed E-state index contributed by atoms with van der Waals surface area (Å²) in [5, 5.41) is 0. The highest BCUT2D eigenvalue weighted by Gasteiger charge is 2.39. The zero-order valence-corrected chi connectivity index (χ0v) is 11.7. The SMILES string of the molecule is Cc1ccc(CCN2CC(C(N)=O)C(C(N)=O)C2)cc1. The fourth-order valence-corrected chi connectivity index (χ4v) is 2.69. The van der Waals surface area contributed by atoms with Gasteiger partial charge in [-0.15, -0.1) is 0 Å². The maximum absolute atomic E-state index is 11.4. The number of hydrogen-bond acceptors (Lipinski definition) is 3. The summed E-state index contributed by atoms with van der Waals surface area (Å²) in [4.78, 5) is 24.8. The third-order valence-electron chi connectivity index (χ3n) is 3.96. The summed E-state index contributed by atoms with van der Waals surface area (Å²) in [5.74, 6) is -1.78. The highest BCUT2D eigenvalue weighted by atomic mass is 16.2. The van der Waals surface area contributed by atoms with Crippen LogP contribution in [0.15, 0.2) is 24.3 Å². The molecule has 1 aromatic carbocycles. The Hall–Kier alpha value is -1.88. The van der Waals surface area contributed by atoms with Crippen molar-refractivity contribution >= 4 is 11.8 Å². The third-order valence-corrected chi connectivity index (χ3v) is 3.96. The number of aryl methyl sites for hydroxylation is 1. The van der Waals surface area contributed by atoms with Crippen molar-refractivity contribution in [3.05, 3.63) is 35.4 Å². The number of nitrogens with zero attached hydrogens (tertiary/aromatic N) is 1. The second kappa shape index (κ2) is 6.05. The number of hydrogen-bond donors (Lipinski definition) is 2. The van der Waals surface area contributed by atoms with Crippen molar-refractivity contribution in [1.29, 1.82) is 0 Å². The van der Waals surface area contributed by atoms with Crippen molar-refractivity contribution in [1.82, 2.24) is 4.90 Å². The van der Waals surface area contributed by atoms with Crippen molar-refractivity contribution in [2.24, 2.45) is 23.3 Å².